The molecule has 3 heterocycles. The number of benzene rings is 2. The van der Waals surface area contributed by atoms with E-state index in [1.807, 2.05) is 0 Å². The smallest absolute Gasteiger partial charge is 0.196 e. The Morgan fingerprint density at radius 1 is 0.953 bits per heavy atom. The van der Waals surface area contributed by atoms with E-state index in [1.165, 1.54) is 40.3 Å². The molecule has 5 aliphatic rings. The van der Waals surface area contributed by atoms with Gasteiger partial charge in [0.25, 0.3) is 0 Å². The molecule has 216 valence electrons. The molecule has 0 bridgehead atoms. The highest BCUT2D eigenvalue weighted by Gasteiger charge is 2.42. The molecule has 3 aliphatic carbocycles. The average Bonchev–Trinajstić information content (AvgIpc) is 3.43. The van der Waals surface area contributed by atoms with Crippen molar-refractivity contribution in [1.82, 2.24) is 9.88 Å². The number of para-hydroxylation sites is 2. The number of aromatic nitrogens is 1. The van der Waals surface area contributed by atoms with E-state index in [4.69, 9.17) is 4.74 Å². The van der Waals surface area contributed by atoms with Crippen molar-refractivity contribution in [2.24, 2.45) is 5.92 Å². The minimum absolute atomic E-state index is 0.195. The first-order valence-electron chi connectivity index (χ1n) is 15.9. The molecule has 3 atom stereocenters. The summed E-state index contributed by atoms with van der Waals surface area (Å²) < 4.78 is 8.85. The van der Waals surface area contributed by atoms with Crippen LogP contribution in [0.2, 0.25) is 0 Å². The highest BCUT2D eigenvalue weighted by Crippen LogP contribution is 2.53. The number of rotatable bonds is 4. The summed E-state index contributed by atoms with van der Waals surface area (Å²) in [7, 11) is 0. The van der Waals surface area contributed by atoms with Crippen LogP contribution in [0, 0.1) is 5.92 Å². The Labute approximate surface area is 255 Å². The van der Waals surface area contributed by atoms with Gasteiger partial charge in [-0.2, -0.15) is 0 Å². The Hall–Kier alpha value is -4.44. The van der Waals surface area contributed by atoms with E-state index < -0.39 is 0 Å². The minimum Gasteiger partial charge on any atom is -0.441 e. The van der Waals surface area contributed by atoms with Crippen LogP contribution < -0.4 is 10.2 Å². The normalized spacial score (nSPS) is 24.2. The maximum Gasteiger partial charge on any atom is 0.196 e. The second kappa shape index (κ2) is 10.7. The van der Waals surface area contributed by atoms with Gasteiger partial charge in [0.1, 0.15) is 5.76 Å². The summed E-state index contributed by atoms with van der Waals surface area (Å²) in [5, 5.41) is 3.41. The van der Waals surface area contributed by atoms with Gasteiger partial charge in [-0.25, -0.2) is 0 Å². The molecule has 1 N–H and O–H groups in total. The molecule has 1 aromatic heterocycles. The molecule has 2 aromatic carbocycles. The monoisotopic (exact) mass is 565 g/mol. The predicted molar refractivity (Wildman–Crippen MR) is 177 cm³/mol. The summed E-state index contributed by atoms with van der Waals surface area (Å²) in [6.45, 7) is 5.33. The van der Waals surface area contributed by atoms with Gasteiger partial charge in [-0.15, -0.1) is 0 Å². The van der Waals surface area contributed by atoms with E-state index in [0.29, 0.717) is 11.8 Å². The number of nitrogens with zero attached hydrogens (tertiary/aromatic N) is 2. The summed E-state index contributed by atoms with van der Waals surface area (Å²) in [4.78, 5) is 2.66. The number of nitrogens with one attached hydrogen (secondary N) is 1. The molecule has 4 heteroatoms. The van der Waals surface area contributed by atoms with Gasteiger partial charge in [0.05, 0.1) is 6.04 Å². The lowest BCUT2D eigenvalue weighted by atomic mass is 9.72. The average molecular weight is 566 g/mol. The fourth-order valence-electron chi connectivity index (χ4n) is 7.80. The summed E-state index contributed by atoms with van der Waals surface area (Å²) >= 11 is 0. The Bertz CT molecular complexity index is 1760. The third-order valence-electron chi connectivity index (χ3n) is 9.82. The van der Waals surface area contributed by atoms with Crippen LogP contribution in [0.15, 0.2) is 126 Å². The van der Waals surface area contributed by atoms with Gasteiger partial charge < -0.3 is 19.5 Å². The van der Waals surface area contributed by atoms with Crippen LogP contribution in [0.3, 0.4) is 0 Å². The number of hydrogen-bond acceptors (Lipinski definition) is 3. The first kappa shape index (κ1) is 26.2. The van der Waals surface area contributed by atoms with E-state index in [1.54, 1.807) is 11.1 Å². The molecule has 0 saturated carbocycles. The van der Waals surface area contributed by atoms with Gasteiger partial charge in [-0.1, -0.05) is 67.1 Å². The number of allylic oxidation sites excluding steroid dienone is 6. The number of hydrogen-bond donors (Lipinski definition) is 1. The van der Waals surface area contributed by atoms with Gasteiger partial charge >= 0.3 is 0 Å². The standard InChI is InChI=1S/C39H39N3O/c1-26-17-18-31-32-15-6-7-16-36(32)42(29-13-8-14-30(25-29)43-39-27(2)10-9-22-40-39)37-20-19-35-33(38(37)34(31)24-26)21-23-41(35)28-11-4-3-5-12-28/h3-7,9-12,14-16,19-21,23,25-26,37-38,40H,8,13,17-18,22,24H2,1-2H3. The first-order valence-corrected chi connectivity index (χ1v) is 15.9. The molecule has 2 aliphatic heterocycles. The SMILES string of the molecule is CC1=C(OC2=CCCC(N3c4ccccc4C4=C(CC(C)CC4)C4c5ccn(-c6ccccc6)c5C=CC43)=C2)NCC=C1. The van der Waals surface area contributed by atoms with Crippen molar-refractivity contribution in [1.29, 1.82) is 0 Å². The number of fused-ring (bicyclic) bond motifs is 6. The van der Waals surface area contributed by atoms with Crippen molar-refractivity contribution >= 4 is 17.3 Å². The quantitative estimate of drug-likeness (QED) is 0.342. The van der Waals surface area contributed by atoms with Crippen molar-refractivity contribution in [3.8, 4) is 5.69 Å². The number of dihydropyridines is 1. The van der Waals surface area contributed by atoms with Crippen molar-refractivity contribution < 1.29 is 4.74 Å². The first-order chi connectivity index (χ1) is 21.2. The molecule has 0 fully saturated rings. The second-order valence-electron chi connectivity index (χ2n) is 12.6. The minimum atomic E-state index is 0.195. The van der Waals surface area contributed by atoms with E-state index >= 15 is 0 Å². The van der Waals surface area contributed by atoms with Crippen molar-refractivity contribution in [2.45, 2.75) is 57.9 Å². The predicted octanol–water partition coefficient (Wildman–Crippen LogP) is 9.02. The zero-order chi connectivity index (χ0) is 28.9. The zero-order valence-electron chi connectivity index (χ0n) is 25.1. The van der Waals surface area contributed by atoms with Crippen molar-refractivity contribution in [3.63, 3.8) is 0 Å². The van der Waals surface area contributed by atoms with Crippen LogP contribution in [-0.4, -0.2) is 17.2 Å². The van der Waals surface area contributed by atoms with E-state index in [0.717, 1.165) is 49.4 Å². The largest absolute Gasteiger partial charge is 0.441 e. The molecule has 8 rings (SSSR count). The van der Waals surface area contributed by atoms with Crippen LogP contribution in [-0.2, 0) is 4.74 Å². The molecule has 43 heavy (non-hydrogen) atoms. The summed E-state index contributed by atoms with van der Waals surface area (Å²) in [5.74, 6) is 2.77. The highest BCUT2D eigenvalue weighted by molar-refractivity contribution is 5.85. The van der Waals surface area contributed by atoms with Crippen LogP contribution in [0.5, 0.6) is 0 Å². The summed E-state index contributed by atoms with van der Waals surface area (Å²) in [6.07, 6.45) is 21.4. The molecule has 0 radical (unpaired) electrons. The molecule has 4 nitrogen and oxygen atoms in total. The maximum absolute atomic E-state index is 6.48. The Balaban J connectivity index is 1.28. The highest BCUT2D eigenvalue weighted by atomic mass is 16.5. The van der Waals surface area contributed by atoms with Crippen molar-refractivity contribution in [3.05, 3.63) is 143 Å². The van der Waals surface area contributed by atoms with E-state index in [9.17, 15) is 0 Å². The number of ether oxygens (including phenoxy) is 1. The lowest BCUT2D eigenvalue weighted by molar-refractivity contribution is 0.282. The van der Waals surface area contributed by atoms with Crippen LogP contribution in [0.1, 0.15) is 68.7 Å². The lowest BCUT2D eigenvalue weighted by Crippen LogP contribution is -2.40. The Kier molecular flexibility index (Phi) is 6.51. The molecule has 0 amide bonds. The van der Waals surface area contributed by atoms with Gasteiger partial charge in [0, 0.05) is 58.6 Å². The molecule has 3 unspecified atom stereocenters. The van der Waals surface area contributed by atoms with Gasteiger partial charge in [0.15, 0.2) is 5.88 Å². The van der Waals surface area contributed by atoms with E-state index in [2.05, 4.69) is 132 Å². The molecular weight excluding hydrogens is 526 g/mol. The lowest BCUT2D eigenvalue weighted by Gasteiger charge is -2.41. The third-order valence-corrected chi connectivity index (χ3v) is 9.82. The topological polar surface area (TPSA) is 29.4 Å². The van der Waals surface area contributed by atoms with Crippen molar-refractivity contribution in [2.75, 3.05) is 11.4 Å². The van der Waals surface area contributed by atoms with Gasteiger partial charge in [-0.05, 0) is 92.5 Å². The molecule has 0 saturated heterocycles. The van der Waals surface area contributed by atoms with Gasteiger partial charge in [0.2, 0.25) is 0 Å². The Morgan fingerprint density at radius 3 is 2.70 bits per heavy atom. The maximum atomic E-state index is 6.48. The fraction of sp³-hybridized carbons (Fsp3) is 0.282. The molecular formula is C39H39N3O. The molecule has 3 aromatic rings. The van der Waals surface area contributed by atoms with Crippen LogP contribution >= 0.6 is 0 Å². The zero-order valence-corrected chi connectivity index (χ0v) is 25.1. The second-order valence-corrected chi connectivity index (χ2v) is 12.6. The number of anilines is 1. The third kappa shape index (κ3) is 4.52. The van der Waals surface area contributed by atoms with E-state index in [-0.39, 0.29) is 6.04 Å². The molecule has 0 spiro atoms. The van der Waals surface area contributed by atoms with Crippen LogP contribution in [0.4, 0.5) is 5.69 Å². The van der Waals surface area contributed by atoms with Gasteiger partial charge in [-0.3, -0.25) is 0 Å². The van der Waals surface area contributed by atoms with Crippen LogP contribution in [0.25, 0.3) is 17.3 Å². The fourth-order valence-corrected chi connectivity index (χ4v) is 7.80. The summed E-state index contributed by atoms with van der Waals surface area (Å²) in [6, 6.07) is 22.5. The summed E-state index contributed by atoms with van der Waals surface area (Å²) in [5.41, 5.74) is 12.4. The Morgan fingerprint density at radius 2 is 1.81 bits per heavy atom.